The van der Waals surface area contributed by atoms with E-state index in [-0.39, 0.29) is 5.75 Å². The Morgan fingerprint density at radius 2 is 1.74 bits per heavy atom. The first-order valence-electron chi connectivity index (χ1n) is 9.17. The minimum Gasteiger partial charge on any atom is -0.356 e. The molecule has 6 nitrogen and oxygen atoms in total. The van der Waals surface area contributed by atoms with Gasteiger partial charge in [0.25, 0.3) is 0 Å². The smallest absolute Gasteiger partial charge is 0.236 e. The summed E-state index contributed by atoms with van der Waals surface area (Å²) in [6.07, 6.45) is 1.65. The molecule has 0 amide bonds. The molecule has 3 rings (SSSR count). The molecule has 0 aromatic heterocycles. The average molecular weight is 387 g/mol. The van der Waals surface area contributed by atoms with Gasteiger partial charge in [-0.15, -0.1) is 0 Å². The lowest BCUT2D eigenvalue weighted by molar-refractivity contribution is 0.591. The highest BCUT2D eigenvalue weighted by atomic mass is 32.2. The van der Waals surface area contributed by atoms with Crippen LogP contribution in [-0.2, 0) is 22.9 Å². The van der Waals surface area contributed by atoms with Crippen molar-refractivity contribution in [1.29, 1.82) is 0 Å². The van der Waals surface area contributed by atoms with E-state index in [0.29, 0.717) is 19.0 Å². The van der Waals surface area contributed by atoms with Crippen LogP contribution in [0.2, 0.25) is 0 Å². The molecule has 1 aliphatic heterocycles. The van der Waals surface area contributed by atoms with E-state index in [2.05, 4.69) is 27.8 Å². The zero-order valence-corrected chi connectivity index (χ0v) is 16.4. The fourth-order valence-corrected chi connectivity index (χ4v) is 4.62. The molecular formula is C20H26N4O2S. The fourth-order valence-electron chi connectivity index (χ4n) is 3.20. The van der Waals surface area contributed by atoms with Gasteiger partial charge in [0.2, 0.25) is 10.0 Å². The largest absolute Gasteiger partial charge is 0.356 e. The van der Waals surface area contributed by atoms with Crippen LogP contribution in [0.3, 0.4) is 0 Å². The number of aliphatic imine (C=N–C) groups is 1. The Morgan fingerprint density at radius 1 is 1.04 bits per heavy atom. The van der Waals surface area contributed by atoms with Crippen LogP contribution < -0.4 is 14.9 Å². The molecule has 0 spiro atoms. The number of hydrogen-bond acceptors (Lipinski definition) is 3. The minimum atomic E-state index is -3.35. The van der Waals surface area contributed by atoms with Crippen molar-refractivity contribution in [3.8, 4) is 0 Å². The Labute approximate surface area is 161 Å². The highest BCUT2D eigenvalue weighted by molar-refractivity contribution is 7.92. The lowest BCUT2D eigenvalue weighted by atomic mass is 10.1. The maximum atomic E-state index is 12.7. The van der Waals surface area contributed by atoms with E-state index < -0.39 is 10.0 Å². The van der Waals surface area contributed by atoms with Gasteiger partial charge in [0.15, 0.2) is 5.96 Å². The first-order chi connectivity index (χ1) is 13.1. The van der Waals surface area contributed by atoms with Gasteiger partial charge < -0.3 is 10.6 Å². The van der Waals surface area contributed by atoms with Crippen molar-refractivity contribution >= 4 is 21.7 Å². The first-order valence-corrected chi connectivity index (χ1v) is 10.8. The summed E-state index contributed by atoms with van der Waals surface area (Å²) in [5, 5.41) is 6.31. The molecule has 0 atom stereocenters. The highest BCUT2D eigenvalue weighted by Gasteiger charge is 2.28. The minimum absolute atomic E-state index is 0.0285. The molecule has 1 aliphatic rings. The number of para-hydroxylation sites is 1. The van der Waals surface area contributed by atoms with Gasteiger partial charge in [-0.2, -0.15) is 0 Å². The van der Waals surface area contributed by atoms with Gasteiger partial charge in [0.05, 0.1) is 11.4 Å². The summed E-state index contributed by atoms with van der Waals surface area (Å²) in [5.74, 6) is 0.642. The number of benzene rings is 2. The van der Waals surface area contributed by atoms with Gasteiger partial charge in [-0.3, -0.25) is 9.30 Å². The maximum Gasteiger partial charge on any atom is 0.236 e. The molecule has 0 fully saturated rings. The third-order valence-electron chi connectivity index (χ3n) is 4.61. The van der Waals surface area contributed by atoms with Crippen LogP contribution in [0.5, 0.6) is 0 Å². The molecular weight excluding hydrogens is 360 g/mol. The second-order valence-corrected chi connectivity index (χ2v) is 8.44. The first kappa shape index (κ1) is 19.2. The molecule has 0 unspecified atom stereocenters. The molecule has 0 bridgehead atoms. The Kier molecular flexibility index (Phi) is 6.34. The molecule has 0 saturated carbocycles. The quantitative estimate of drug-likeness (QED) is 0.562. The maximum absolute atomic E-state index is 12.7. The van der Waals surface area contributed by atoms with Crippen molar-refractivity contribution in [2.45, 2.75) is 12.8 Å². The summed E-state index contributed by atoms with van der Waals surface area (Å²) in [5.41, 5.74) is 3.14. The summed E-state index contributed by atoms with van der Waals surface area (Å²) < 4.78 is 26.9. The zero-order valence-electron chi connectivity index (χ0n) is 15.6. The van der Waals surface area contributed by atoms with Crippen LogP contribution in [0.15, 0.2) is 59.6 Å². The van der Waals surface area contributed by atoms with E-state index in [1.165, 1.54) is 9.87 Å². The number of anilines is 1. The molecule has 0 aliphatic carbocycles. The third-order valence-corrected chi connectivity index (χ3v) is 6.38. The van der Waals surface area contributed by atoms with Gasteiger partial charge in [-0.25, -0.2) is 8.42 Å². The second kappa shape index (κ2) is 8.90. The van der Waals surface area contributed by atoms with Crippen LogP contribution in [0, 0.1) is 0 Å². The summed E-state index contributed by atoms with van der Waals surface area (Å²) in [4.78, 5) is 4.16. The fraction of sp³-hybridized carbons (Fsp3) is 0.350. The number of rotatable bonds is 7. The van der Waals surface area contributed by atoms with E-state index in [0.717, 1.165) is 30.6 Å². The van der Waals surface area contributed by atoms with Crippen molar-refractivity contribution < 1.29 is 8.42 Å². The Balaban J connectivity index is 1.46. The van der Waals surface area contributed by atoms with E-state index in [4.69, 9.17) is 0 Å². The van der Waals surface area contributed by atoms with Crippen molar-refractivity contribution in [2.75, 3.05) is 36.7 Å². The number of nitrogens with zero attached hydrogens (tertiary/aromatic N) is 2. The monoisotopic (exact) mass is 386 g/mol. The van der Waals surface area contributed by atoms with Crippen LogP contribution >= 0.6 is 0 Å². The van der Waals surface area contributed by atoms with E-state index in [1.54, 1.807) is 7.05 Å². The van der Waals surface area contributed by atoms with Crippen LogP contribution in [0.25, 0.3) is 0 Å². The molecule has 2 aromatic rings. The second-order valence-electron chi connectivity index (χ2n) is 6.43. The summed E-state index contributed by atoms with van der Waals surface area (Å²) >= 11 is 0. The number of guanidine groups is 1. The SMILES string of the molecule is CN=C(NCCc1ccccc1)NCCS(=O)(=O)N1CCc2ccccc21. The van der Waals surface area contributed by atoms with Crippen molar-refractivity contribution in [2.24, 2.45) is 4.99 Å². The highest BCUT2D eigenvalue weighted by Crippen LogP contribution is 2.29. The predicted octanol–water partition coefficient (Wildman–Crippen LogP) is 1.79. The van der Waals surface area contributed by atoms with Gasteiger partial charge in [0.1, 0.15) is 0 Å². The third kappa shape index (κ3) is 5.01. The Hall–Kier alpha value is -2.54. The molecule has 2 aromatic carbocycles. The van der Waals surface area contributed by atoms with Crippen molar-refractivity contribution in [3.05, 3.63) is 65.7 Å². The normalized spacial score (nSPS) is 14.1. The molecule has 0 radical (unpaired) electrons. The lowest BCUT2D eigenvalue weighted by Crippen LogP contribution is -2.42. The van der Waals surface area contributed by atoms with Gasteiger partial charge in [-0.05, 0) is 30.0 Å². The van der Waals surface area contributed by atoms with Gasteiger partial charge in [0, 0.05) is 26.7 Å². The summed E-state index contributed by atoms with van der Waals surface area (Å²) in [6.45, 7) is 1.56. The number of sulfonamides is 1. The van der Waals surface area contributed by atoms with E-state index >= 15 is 0 Å². The van der Waals surface area contributed by atoms with Crippen LogP contribution in [-0.4, -0.2) is 46.8 Å². The van der Waals surface area contributed by atoms with Crippen LogP contribution in [0.1, 0.15) is 11.1 Å². The predicted molar refractivity (Wildman–Crippen MR) is 111 cm³/mol. The summed E-state index contributed by atoms with van der Waals surface area (Å²) in [7, 11) is -1.67. The standard InChI is InChI=1S/C20H26N4O2S/c1-21-20(22-13-11-17-7-3-2-4-8-17)23-14-16-27(25,26)24-15-12-18-9-5-6-10-19(18)24/h2-10H,11-16H2,1H3,(H2,21,22,23). The molecule has 0 saturated heterocycles. The molecule has 144 valence electrons. The molecule has 7 heteroatoms. The topological polar surface area (TPSA) is 73.8 Å². The van der Waals surface area contributed by atoms with Crippen molar-refractivity contribution in [1.82, 2.24) is 10.6 Å². The number of hydrogen-bond donors (Lipinski definition) is 2. The molecule has 2 N–H and O–H groups in total. The molecule has 27 heavy (non-hydrogen) atoms. The van der Waals surface area contributed by atoms with Crippen molar-refractivity contribution in [3.63, 3.8) is 0 Å². The lowest BCUT2D eigenvalue weighted by Gasteiger charge is -2.20. The van der Waals surface area contributed by atoms with Gasteiger partial charge in [-0.1, -0.05) is 48.5 Å². The van der Waals surface area contributed by atoms with Gasteiger partial charge >= 0.3 is 0 Å². The zero-order chi connectivity index (χ0) is 19.1. The number of fused-ring (bicyclic) bond motifs is 1. The summed E-state index contributed by atoms with van der Waals surface area (Å²) in [6, 6.07) is 17.9. The van der Waals surface area contributed by atoms with E-state index in [1.807, 2.05) is 42.5 Å². The van der Waals surface area contributed by atoms with E-state index in [9.17, 15) is 8.42 Å². The Bertz CT molecular complexity index is 882. The van der Waals surface area contributed by atoms with Crippen LogP contribution in [0.4, 0.5) is 5.69 Å². The molecule has 1 heterocycles. The average Bonchev–Trinajstić information content (AvgIpc) is 3.12. The number of nitrogens with one attached hydrogen (secondary N) is 2. The Morgan fingerprint density at radius 3 is 2.52 bits per heavy atom.